The zero-order chi connectivity index (χ0) is 12.4. The molecule has 1 atom stereocenters. The molecule has 0 saturated heterocycles. The first-order chi connectivity index (χ1) is 8.08. The Kier molecular flexibility index (Phi) is 3.47. The van der Waals surface area contributed by atoms with Crippen LogP contribution in [-0.4, -0.2) is 17.8 Å². The maximum atomic E-state index is 12.7. The van der Waals surface area contributed by atoms with Crippen molar-refractivity contribution < 1.29 is 13.9 Å². The minimum Gasteiger partial charge on any atom is -0.399 e. The molecule has 1 unspecified atom stereocenters. The van der Waals surface area contributed by atoms with Gasteiger partial charge in [0.15, 0.2) is 0 Å². The van der Waals surface area contributed by atoms with Gasteiger partial charge < -0.3 is 16.2 Å². The van der Waals surface area contributed by atoms with Gasteiger partial charge in [-0.1, -0.05) is 0 Å². The van der Waals surface area contributed by atoms with E-state index in [9.17, 15) is 13.9 Å². The molecule has 0 amide bonds. The lowest BCUT2D eigenvalue weighted by Gasteiger charge is -2.15. The zero-order valence-corrected chi connectivity index (χ0v) is 9.37. The van der Waals surface area contributed by atoms with E-state index in [2.05, 4.69) is 5.32 Å². The number of hydrogen-bond acceptors (Lipinski definition) is 3. The van der Waals surface area contributed by atoms with Crippen LogP contribution in [0, 0.1) is 5.92 Å². The summed E-state index contributed by atoms with van der Waals surface area (Å²) < 4.78 is 25.5. The zero-order valence-electron chi connectivity index (χ0n) is 9.37. The van der Waals surface area contributed by atoms with Gasteiger partial charge in [0, 0.05) is 23.5 Å². The normalized spacial score (nSPS) is 17.2. The molecular formula is C12H16F2N2O. The van der Waals surface area contributed by atoms with Gasteiger partial charge in [0.05, 0.1) is 6.10 Å². The number of anilines is 2. The van der Waals surface area contributed by atoms with Gasteiger partial charge in [0.25, 0.3) is 6.43 Å². The molecule has 0 aromatic heterocycles. The van der Waals surface area contributed by atoms with Gasteiger partial charge in [0.1, 0.15) is 0 Å². The van der Waals surface area contributed by atoms with Gasteiger partial charge in [-0.25, -0.2) is 8.78 Å². The first-order valence-electron chi connectivity index (χ1n) is 5.67. The summed E-state index contributed by atoms with van der Waals surface area (Å²) in [6.07, 6.45) is -0.990. The minimum absolute atomic E-state index is 0.118. The number of nitrogen functional groups attached to an aromatic ring is 1. The van der Waals surface area contributed by atoms with Crippen molar-refractivity contribution in [3.05, 3.63) is 23.8 Å². The third-order valence-electron chi connectivity index (χ3n) is 2.98. The van der Waals surface area contributed by atoms with E-state index >= 15 is 0 Å². The van der Waals surface area contributed by atoms with Crippen molar-refractivity contribution in [3.8, 4) is 0 Å². The smallest absolute Gasteiger partial charge is 0.265 e. The van der Waals surface area contributed by atoms with Crippen molar-refractivity contribution in [3.63, 3.8) is 0 Å². The lowest BCUT2D eigenvalue weighted by atomic mass is 10.1. The van der Waals surface area contributed by atoms with Gasteiger partial charge in [-0.2, -0.15) is 0 Å². The second kappa shape index (κ2) is 4.87. The molecule has 0 aliphatic heterocycles. The van der Waals surface area contributed by atoms with Crippen LogP contribution in [0.1, 0.15) is 24.8 Å². The van der Waals surface area contributed by atoms with Gasteiger partial charge in [-0.05, 0) is 37.0 Å². The highest BCUT2D eigenvalue weighted by molar-refractivity contribution is 5.58. The molecule has 0 radical (unpaired) electrons. The quantitative estimate of drug-likeness (QED) is 0.695. The molecule has 0 heterocycles. The fourth-order valence-corrected chi connectivity index (χ4v) is 1.78. The van der Waals surface area contributed by atoms with Crippen molar-refractivity contribution in [1.29, 1.82) is 0 Å². The molecule has 1 aliphatic carbocycles. The van der Waals surface area contributed by atoms with Crippen LogP contribution in [0.2, 0.25) is 0 Å². The van der Waals surface area contributed by atoms with Crippen LogP contribution in [0.25, 0.3) is 0 Å². The fourth-order valence-electron chi connectivity index (χ4n) is 1.78. The third kappa shape index (κ3) is 3.06. The Labute approximate surface area is 98.6 Å². The first kappa shape index (κ1) is 12.1. The highest BCUT2D eigenvalue weighted by atomic mass is 19.3. The summed E-state index contributed by atoms with van der Waals surface area (Å²) in [6.45, 7) is 0.300. The molecule has 1 fully saturated rings. The number of nitrogens with one attached hydrogen (secondary N) is 1. The number of benzene rings is 1. The van der Waals surface area contributed by atoms with E-state index in [1.165, 1.54) is 12.1 Å². The molecule has 5 heteroatoms. The SMILES string of the molecule is Nc1ccc(NCC(O)C2CC2)c(C(F)F)c1. The van der Waals surface area contributed by atoms with E-state index in [1.807, 2.05) is 0 Å². The maximum Gasteiger partial charge on any atom is 0.265 e. The molecule has 1 aromatic rings. The second-order valence-corrected chi connectivity index (χ2v) is 4.43. The predicted molar refractivity (Wildman–Crippen MR) is 63.0 cm³/mol. The molecule has 1 aromatic carbocycles. The minimum atomic E-state index is -2.57. The van der Waals surface area contributed by atoms with Crippen molar-refractivity contribution in [2.75, 3.05) is 17.6 Å². The number of rotatable bonds is 5. The van der Waals surface area contributed by atoms with E-state index in [0.29, 0.717) is 23.8 Å². The number of aliphatic hydroxyl groups is 1. The van der Waals surface area contributed by atoms with E-state index in [4.69, 9.17) is 5.73 Å². The van der Waals surface area contributed by atoms with E-state index in [1.54, 1.807) is 6.07 Å². The van der Waals surface area contributed by atoms with Crippen LogP contribution in [-0.2, 0) is 0 Å². The van der Waals surface area contributed by atoms with Crippen LogP contribution in [0.4, 0.5) is 20.2 Å². The largest absolute Gasteiger partial charge is 0.399 e. The van der Waals surface area contributed by atoms with Crippen molar-refractivity contribution in [1.82, 2.24) is 0 Å². The average molecular weight is 242 g/mol. The Hall–Kier alpha value is -1.36. The third-order valence-corrected chi connectivity index (χ3v) is 2.98. The summed E-state index contributed by atoms with van der Waals surface area (Å²) in [5, 5.41) is 12.5. The lowest BCUT2D eigenvalue weighted by Crippen LogP contribution is -2.21. The number of hydrogen-bond donors (Lipinski definition) is 3. The van der Waals surface area contributed by atoms with E-state index in [-0.39, 0.29) is 5.56 Å². The Balaban J connectivity index is 2.03. The van der Waals surface area contributed by atoms with Gasteiger partial charge >= 0.3 is 0 Å². The number of halogens is 2. The molecule has 17 heavy (non-hydrogen) atoms. The molecule has 0 spiro atoms. The summed E-state index contributed by atoms with van der Waals surface area (Å²) in [5.74, 6) is 0.325. The molecule has 0 bridgehead atoms. The van der Waals surface area contributed by atoms with Gasteiger partial charge in [-0.15, -0.1) is 0 Å². The summed E-state index contributed by atoms with van der Waals surface area (Å²) in [6, 6.07) is 4.35. The molecular weight excluding hydrogens is 226 g/mol. The monoisotopic (exact) mass is 242 g/mol. The van der Waals surface area contributed by atoms with Crippen molar-refractivity contribution in [2.45, 2.75) is 25.4 Å². The summed E-state index contributed by atoms with van der Waals surface area (Å²) >= 11 is 0. The summed E-state index contributed by atoms with van der Waals surface area (Å²) in [7, 11) is 0. The fraction of sp³-hybridized carbons (Fsp3) is 0.500. The van der Waals surface area contributed by atoms with Gasteiger partial charge in [-0.3, -0.25) is 0 Å². The molecule has 3 nitrogen and oxygen atoms in total. The standard InChI is InChI=1S/C12H16F2N2O/c13-12(14)9-5-8(15)3-4-10(9)16-6-11(17)7-1-2-7/h3-5,7,11-12,16-17H,1-2,6,15H2. The van der Waals surface area contributed by atoms with E-state index in [0.717, 1.165) is 12.8 Å². The highest BCUT2D eigenvalue weighted by Gasteiger charge is 2.29. The molecule has 4 N–H and O–H groups in total. The predicted octanol–water partition coefficient (Wildman–Crippen LogP) is 2.39. The molecule has 94 valence electrons. The van der Waals surface area contributed by atoms with Gasteiger partial charge in [0.2, 0.25) is 0 Å². The lowest BCUT2D eigenvalue weighted by molar-refractivity contribution is 0.151. The second-order valence-electron chi connectivity index (χ2n) is 4.43. The van der Waals surface area contributed by atoms with Crippen molar-refractivity contribution >= 4 is 11.4 Å². The van der Waals surface area contributed by atoms with Crippen LogP contribution in [0.15, 0.2) is 18.2 Å². The average Bonchev–Trinajstić information content (AvgIpc) is 3.10. The number of alkyl halides is 2. The van der Waals surface area contributed by atoms with Crippen LogP contribution < -0.4 is 11.1 Å². The Morgan fingerprint density at radius 2 is 2.12 bits per heavy atom. The summed E-state index contributed by atoms with van der Waals surface area (Å²) in [4.78, 5) is 0. The Morgan fingerprint density at radius 1 is 1.41 bits per heavy atom. The van der Waals surface area contributed by atoms with Crippen LogP contribution >= 0.6 is 0 Å². The van der Waals surface area contributed by atoms with Crippen LogP contribution in [0.5, 0.6) is 0 Å². The highest BCUT2D eigenvalue weighted by Crippen LogP contribution is 2.33. The van der Waals surface area contributed by atoms with E-state index < -0.39 is 12.5 Å². The molecule has 2 rings (SSSR count). The first-order valence-corrected chi connectivity index (χ1v) is 5.67. The summed E-state index contributed by atoms with van der Waals surface area (Å²) in [5.41, 5.74) is 6.01. The topological polar surface area (TPSA) is 58.3 Å². The Morgan fingerprint density at radius 3 is 2.71 bits per heavy atom. The van der Waals surface area contributed by atoms with Crippen molar-refractivity contribution in [2.24, 2.45) is 5.92 Å². The molecule has 1 saturated carbocycles. The number of aliphatic hydroxyl groups excluding tert-OH is 1. The maximum absolute atomic E-state index is 12.7. The Bertz CT molecular complexity index is 394. The molecule has 1 aliphatic rings. The number of nitrogens with two attached hydrogens (primary N) is 1. The van der Waals surface area contributed by atoms with Crippen LogP contribution in [0.3, 0.4) is 0 Å².